The van der Waals surface area contributed by atoms with E-state index in [0.29, 0.717) is 6.04 Å². The van der Waals surface area contributed by atoms with Crippen LogP contribution in [0.25, 0.3) is 0 Å². The standard InChI is InChI=1S/C12H25N3O/c1-6-9(2)14(5)7-8-15-11(4)13-10(3)12(15)16/h9-11,13H,6-8H2,1-5H3. The predicted octanol–water partition coefficient (Wildman–Crippen LogP) is 0.883. The summed E-state index contributed by atoms with van der Waals surface area (Å²) in [5.74, 6) is 0.227. The van der Waals surface area contributed by atoms with Crippen molar-refractivity contribution in [3.63, 3.8) is 0 Å². The second-order valence-electron chi connectivity index (χ2n) is 4.83. The van der Waals surface area contributed by atoms with Crippen molar-refractivity contribution in [3.05, 3.63) is 0 Å². The van der Waals surface area contributed by atoms with E-state index in [-0.39, 0.29) is 18.1 Å². The summed E-state index contributed by atoms with van der Waals surface area (Å²) in [7, 11) is 2.12. The van der Waals surface area contributed by atoms with E-state index in [0.717, 1.165) is 19.5 Å². The molecule has 1 fully saturated rings. The van der Waals surface area contributed by atoms with Gasteiger partial charge in [-0.25, -0.2) is 0 Å². The molecule has 94 valence electrons. The molecule has 1 rings (SSSR count). The zero-order valence-electron chi connectivity index (χ0n) is 11.2. The average Bonchev–Trinajstić information content (AvgIpc) is 2.49. The van der Waals surface area contributed by atoms with Crippen molar-refractivity contribution in [2.45, 2.75) is 52.4 Å². The van der Waals surface area contributed by atoms with Crippen LogP contribution in [0.2, 0.25) is 0 Å². The van der Waals surface area contributed by atoms with E-state index in [4.69, 9.17) is 0 Å². The lowest BCUT2D eigenvalue weighted by atomic mass is 10.2. The first kappa shape index (κ1) is 13.5. The first-order chi connectivity index (χ1) is 7.47. The molecular weight excluding hydrogens is 202 g/mol. The molecule has 0 spiro atoms. The molecule has 16 heavy (non-hydrogen) atoms. The molecule has 0 aromatic heterocycles. The molecule has 0 aromatic carbocycles. The van der Waals surface area contributed by atoms with Crippen molar-refractivity contribution in [3.8, 4) is 0 Å². The zero-order valence-corrected chi connectivity index (χ0v) is 11.2. The Morgan fingerprint density at radius 1 is 1.50 bits per heavy atom. The highest BCUT2D eigenvalue weighted by Crippen LogP contribution is 2.10. The van der Waals surface area contributed by atoms with Crippen LogP contribution in [-0.2, 0) is 4.79 Å². The lowest BCUT2D eigenvalue weighted by molar-refractivity contribution is -0.129. The Labute approximate surface area is 99.0 Å². The Morgan fingerprint density at radius 3 is 2.56 bits per heavy atom. The summed E-state index contributed by atoms with van der Waals surface area (Å²) in [6, 6.07) is 0.558. The van der Waals surface area contributed by atoms with Gasteiger partial charge in [-0.05, 0) is 34.2 Å². The molecule has 4 heteroatoms. The van der Waals surface area contributed by atoms with Crippen LogP contribution in [0.1, 0.15) is 34.1 Å². The van der Waals surface area contributed by atoms with E-state index >= 15 is 0 Å². The van der Waals surface area contributed by atoms with Crippen LogP contribution in [0.15, 0.2) is 0 Å². The molecule has 1 amide bonds. The van der Waals surface area contributed by atoms with Crippen LogP contribution >= 0.6 is 0 Å². The van der Waals surface area contributed by atoms with Gasteiger partial charge in [0.2, 0.25) is 5.91 Å². The third-order valence-electron chi connectivity index (χ3n) is 3.65. The highest BCUT2D eigenvalue weighted by molar-refractivity contribution is 5.83. The number of hydrogen-bond acceptors (Lipinski definition) is 3. The van der Waals surface area contributed by atoms with Gasteiger partial charge in [0.1, 0.15) is 0 Å². The number of nitrogens with one attached hydrogen (secondary N) is 1. The van der Waals surface area contributed by atoms with Gasteiger partial charge in [-0.1, -0.05) is 6.92 Å². The summed E-state index contributed by atoms with van der Waals surface area (Å²) in [6.45, 7) is 10.1. The monoisotopic (exact) mass is 227 g/mol. The zero-order chi connectivity index (χ0) is 12.3. The molecule has 1 saturated heterocycles. The molecule has 3 atom stereocenters. The molecule has 0 radical (unpaired) electrons. The van der Waals surface area contributed by atoms with Gasteiger partial charge in [-0.15, -0.1) is 0 Å². The summed E-state index contributed by atoms with van der Waals surface area (Å²) in [5.41, 5.74) is 0. The average molecular weight is 227 g/mol. The fourth-order valence-electron chi connectivity index (χ4n) is 2.06. The maximum absolute atomic E-state index is 11.8. The van der Waals surface area contributed by atoms with Gasteiger partial charge < -0.3 is 9.80 Å². The molecule has 1 heterocycles. The first-order valence-electron chi connectivity index (χ1n) is 6.24. The number of hydrogen-bond donors (Lipinski definition) is 1. The Morgan fingerprint density at radius 2 is 2.12 bits per heavy atom. The lowest BCUT2D eigenvalue weighted by Gasteiger charge is -2.28. The fraction of sp³-hybridized carbons (Fsp3) is 0.917. The molecule has 1 aliphatic heterocycles. The Balaban J connectivity index is 2.40. The minimum Gasteiger partial charge on any atom is -0.325 e. The van der Waals surface area contributed by atoms with Gasteiger partial charge in [0, 0.05) is 19.1 Å². The van der Waals surface area contributed by atoms with Crippen molar-refractivity contribution in [2.24, 2.45) is 0 Å². The molecule has 1 N–H and O–H groups in total. The Hall–Kier alpha value is -0.610. The fourth-order valence-corrected chi connectivity index (χ4v) is 2.06. The van der Waals surface area contributed by atoms with Crippen LogP contribution in [0.3, 0.4) is 0 Å². The van der Waals surface area contributed by atoms with Crippen molar-refractivity contribution >= 4 is 5.91 Å². The summed E-state index contributed by atoms with van der Waals surface area (Å²) in [5, 5.41) is 3.24. The molecule has 0 aromatic rings. The topological polar surface area (TPSA) is 35.6 Å². The molecule has 4 nitrogen and oxygen atoms in total. The van der Waals surface area contributed by atoms with Gasteiger partial charge in [0.25, 0.3) is 0 Å². The second kappa shape index (κ2) is 5.64. The molecule has 0 bridgehead atoms. The van der Waals surface area contributed by atoms with Crippen LogP contribution in [-0.4, -0.2) is 54.1 Å². The highest BCUT2D eigenvalue weighted by Gasteiger charge is 2.32. The molecule has 0 saturated carbocycles. The van der Waals surface area contributed by atoms with Crippen LogP contribution < -0.4 is 5.32 Å². The first-order valence-corrected chi connectivity index (χ1v) is 6.24. The van der Waals surface area contributed by atoms with Gasteiger partial charge in [0.15, 0.2) is 0 Å². The number of carbonyl (C=O) groups is 1. The normalized spacial score (nSPS) is 27.9. The van der Waals surface area contributed by atoms with E-state index in [9.17, 15) is 4.79 Å². The van der Waals surface area contributed by atoms with Crippen LogP contribution in [0.5, 0.6) is 0 Å². The van der Waals surface area contributed by atoms with E-state index in [1.807, 2.05) is 18.7 Å². The number of carbonyl (C=O) groups excluding carboxylic acids is 1. The van der Waals surface area contributed by atoms with E-state index in [2.05, 4.69) is 31.1 Å². The highest BCUT2D eigenvalue weighted by atomic mass is 16.2. The maximum Gasteiger partial charge on any atom is 0.240 e. The minimum atomic E-state index is -0.0242. The number of rotatable bonds is 5. The number of amides is 1. The smallest absolute Gasteiger partial charge is 0.240 e. The second-order valence-corrected chi connectivity index (χ2v) is 4.83. The Bertz CT molecular complexity index is 244. The molecule has 3 unspecified atom stereocenters. The maximum atomic E-state index is 11.8. The summed E-state index contributed by atoms with van der Waals surface area (Å²) in [4.78, 5) is 16.1. The third kappa shape index (κ3) is 2.95. The van der Waals surface area contributed by atoms with Gasteiger partial charge in [-0.2, -0.15) is 0 Å². The van der Waals surface area contributed by atoms with Gasteiger partial charge in [0.05, 0.1) is 12.2 Å². The quantitative estimate of drug-likeness (QED) is 0.757. The van der Waals surface area contributed by atoms with Crippen LogP contribution in [0.4, 0.5) is 0 Å². The Kier molecular flexibility index (Phi) is 4.74. The molecule has 1 aliphatic rings. The van der Waals surface area contributed by atoms with Crippen molar-refractivity contribution in [2.75, 3.05) is 20.1 Å². The summed E-state index contributed by atoms with van der Waals surface area (Å²) in [6.07, 6.45) is 1.32. The van der Waals surface area contributed by atoms with Crippen LogP contribution in [0, 0.1) is 0 Å². The largest absolute Gasteiger partial charge is 0.325 e. The number of likely N-dealkylation sites (N-methyl/N-ethyl adjacent to an activating group) is 1. The SMILES string of the molecule is CCC(C)N(C)CCN1C(=O)C(C)NC1C. The van der Waals surface area contributed by atoms with Crippen molar-refractivity contribution in [1.82, 2.24) is 15.1 Å². The minimum absolute atomic E-state index is 0.0242. The summed E-state index contributed by atoms with van der Waals surface area (Å²) < 4.78 is 0. The predicted molar refractivity (Wildman–Crippen MR) is 66.2 cm³/mol. The molecule has 0 aliphatic carbocycles. The lowest BCUT2D eigenvalue weighted by Crippen LogP contribution is -2.41. The van der Waals surface area contributed by atoms with E-state index in [1.165, 1.54) is 0 Å². The van der Waals surface area contributed by atoms with Crippen molar-refractivity contribution in [1.29, 1.82) is 0 Å². The molecular formula is C12H25N3O. The van der Waals surface area contributed by atoms with Gasteiger partial charge >= 0.3 is 0 Å². The van der Waals surface area contributed by atoms with Gasteiger partial charge in [-0.3, -0.25) is 10.1 Å². The summed E-state index contributed by atoms with van der Waals surface area (Å²) >= 11 is 0. The third-order valence-corrected chi connectivity index (χ3v) is 3.65. The van der Waals surface area contributed by atoms with E-state index < -0.39 is 0 Å². The van der Waals surface area contributed by atoms with E-state index in [1.54, 1.807) is 0 Å². The number of nitrogens with zero attached hydrogens (tertiary/aromatic N) is 2. The van der Waals surface area contributed by atoms with Crippen molar-refractivity contribution < 1.29 is 4.79 Å².